The zero-order valence-corrected chi connectivity index (χ0v) is 11.9. The van der Waals surface area contributed by atoms with Gasteiger partial charge in [0.15, 0.2) is 0 Å². The highest BCUT2D eigenvalue weighted by Crippen LogP contribution is 2.27. The van der Waals surface area contributed by atoms with Crippen LogP contribution in [0.1, 0.15) is 46.5 Å². The number of hydrogen-bond donors (Lipinski definition) is 2. The van der Waals surface area contributed by atoms with Crippen LogP contribution in [0.2, 0.25) is 0 Å². The Kier molecular flexibility index (Phi) is 5.42. The summed E-state index contributed by atoms with van der Waals surface area (Å²) in [5.41, 5.74) is 6.32. The third kappa shape index (κ3) is 4.23. The molecule has 1 fully saturated rings. The van der Waals surface area contributed by atoms with E-state index in [-0.39, 0.29) is 24.1 Å². The van der Waals surface area contributed by atoms with Gasteiger partial charge in [0.2, 0.25) is 0 Å². The molecule has 1 rings (SSSR count). The minimum atomic E-state index is 0.0129. The molecule has 0 bridgehead atoms. The molecule has 0 aromatic carbocycles. The van der Waals surface area contributed by atoms with Crippen LogP contribution in [-0.2, 0) is 0 Å². The monoisotopic (exact) mass is 242 g/mol. The van der Waals surface area contributed by atoms with Crippen LogP contribution in [0.5, 0.6) is 0 Å². The molecule has 3 N–H and O–H groups in total. The van der Waals surface area contributed by atoms with E-state index in [0.717, 1.165) is 12.5 Å². The van der Waals surface area contributed by atoms with E-state index in [1.807, 2.05) is 0 Å². The van der Waals surface area contributed by atoms with Gasteiger partial charge >= 0.3 is 0 Å². The lowest BCUT2D eigenvalue weighted by Crippen LogP contribution is -2.55. The molecular weight excluding hydrogens is 212 g/mol. The highest BCUT2D eigenvalue weighted by atomic mass is 16.3. The van der Waals surface area contributed by atoms with Crippen molar-refractivity contribution in [2.75, 3.05) is 20.2 Å². The third-order valence-electron chi connectivity index (χ3n) is 4.19. The van der Waals surface area contributed by atoms with Crippen LogP contribution >= 0.6 is 0 Å². The maximum absolute atomic E-state index is 9.58. The first-order valence-electron chi connectivity index (χ1n) is 6.93. The molecule has 0 radical (unpaired) electrons. The van der Waals surface area contributed by atoms with Crippen LogP contribution in [0.25, 0.3) is 0 Å². The second kappa shape index (κ2) is 6.17. The van der Waals surface area contributed by atoms with Crippen molar-refractivity contribution in [2.45, 2.75) is 58.5 Å². The molecule has 102 valence electrons. The smallest absolute Gasteiger partial charge is 0.0602 e. The van der Waals surface area contributed by atoms with Gasteiger partial charge in [-0.25, -0.2) is 0 Å². The van der Waals surface area contributed by atoms with Gasteiger partial charge < -0.3 is 10.8 Å². The molecule has 0 saturated heterocycles. The van der Waals surface area contributed by atoms with E-state index in [0.29, 0.717) is 0 Å². The van der Waals surface area contributed by atoms with Gasteiger partial charge in [-0.3, -0.25) is 4.90 Å². The van der Waals surface area contributed by atoms with Gasteiger partial charge in [-0.15, -0.1) is 0 Å². The molecule has 2 unspecified atom stereocenters. The molecule has 1 aliphatic rings. The molecule has 17 heavy (non-hydrogen) atoms. The van der Waals surface area contributed by atoms with Crippen molar-refractivity contribution in [2.24, 2.45) is 17.1 Å². The van der Waals surface area contributed by atoms with Crippen molar-refractivity contribution in [3.8, 4) is 0 Å². The third-order valence-corrected chi connectivity index (χ3v) is 4.19. The van der Waals surface area contributed by atoms with Crippen molar-refractivity contribution in [1.82, 2.24) is 4.90 Å². The van der Waals surface area contributed by atoms with Crippen molar-refractivity contribution >= 4 is 0 Å². The molecule has 0 aromatic heterocycles. The van der Waals surface area contributed by atoms with Gasteiger partial charge in [0.05, 0.1) is 6.61 Å². The first kappa shape index (κ1) is 14.9. The Hall–Kier alpha value is -0.120. The predicted molar refractivity (Wildman–Crippen MR) is 72.9 cm³/mol. The Bertz CT molecular complexity index is 219. The summed E-state index contributed by atoms with van der Waals surface area (Å²) in [4.78, 5) is 2.27. The minimum absolute atomic E-state index is 0.0129. The first-order chi connectivity index (χ1) is 7.86. The van der Waals surface area contributed by atoms with E-state index in [4.69, 9.17) is 5.73 Å². The summed E-state index contributed by atoms with van der Waals surface area (Å²) < 4.78 is 0. The van der Waals surface area contributed by atoms with Crippen molar-refractivity contribution in [3.63, 3.8) is 0 Å². The predicted octanol–water partition coefficient (Wildman–Crippen LogP) is 1.84. The Morgan fingerprint density at radius 3 is 2.24 bits per heavy atom. The molecular formula is C14H30N2O. The standard InChI is InChI=1S/C14H30N2O/c1-14(2,3)13(15)12(10-17)16(4)9-11-7-5-6-8-11/h11-13,17H,5-10,15H2,1-4H3. The van der Waals surface area contributed by atoms with E-state index in [2.05, 4.69) is 32.7 Å². The summed E-state index contributed by atoms with van der Waals surface area (Å²) in [6.07, 6.45) is 5.42. The van der Waals surface area contributed by atoms with Gasteiger partial charge in [-0.1, -0.05) is 33.6 Å². The number of likely N-dealkylation sites (N-methyl/N-ethyl adjacent to an activating group) is 1. The maximum Gasteiger partial charge on any atom is 0.0602 e. The Morgan fingerprint density at radius 2 is 1.82 bits per heavy atom. The molecule has 0 spiro atoms. The van der Waals surface area contributed by atoms with Crippen LogP contribution in [0, 0.1) is 11.3 Å². The van der Waals surface area contributed by atoms with Crippen molar-refractivity contribution < 1.29 is 5.11 Å². The van der Waals surface area contributed by atoms with Gasteiger partial charge in [0.1, 0.15) is 0 Å². The van der Waals surface area contributed by atoms with Crippen molar-refractivity contribution in [3.05, 3.63) is 0 Å². The largest absolute Gasteiger partial charge is 0.395 e. The summed E-state index contributed by atoms with van der Waals surface area (Å²) >= 11 is 0. The molecule has 0 aliphatic heterocycles. The molecule has 0 heterocycles. The zero-order chi connectivity index (χ0) is 13.1. The average Bonchev–Trinajstić information content (AvgIpc) is 2.70. The number of aliphatic hydroxyl groups excluding tert-OH is 1. The first-order valence-corrected chi connectivity index (χ1v) is 6.93. The molecule has 3 nitrogen and oxygen atoms in total. The molecule has 3 heteroatoms. The molecule has 0 amide bonds. The van der Waals surface area contributed by atoms with E-state index < -0.39 is 0 Å². The lowest BCUT2D eigenvalue weighted by molar-refractivity contribution is 0.0787. The van der Waals surface area contributed by atoms with Gasteiger partial charge in [-0.2, -0.15) is 0 Å². The number of nitrogens with two attached hydrogens (primary N) is 1. The van der Waals surface area contributed by atoms with Crippen LogP contribution in [-0.4, -0.2) is 42.3 Å². The van der Waals surface area contributed by atoms with E-state index in [1.54, 1.807) is 0 Å². The summed E-state index contributed by atoms with van der Waals surface area (Å²) in [5, 5.41) is 9.58. The lowest BCUT2D eigenvalue weighted by Gasteiger charge is -2.39. The zero-order valence-electron chi connectivity index (χ0n) is 11.9. The van der Waals surface area contributed by atoms with Crippen LogP contribution in [0.4, 0.5) is 0 Å². The van der Waals surface area contributed by atoms with E-state index in [1.165, 1.54) is 25.7 Å². The molecule has 0 aromatic rings. The van der Waals surface area contributed by atoms with Crippen LogP contribution in [0.15, 0.2) is 0 Å². The fourth-order valence-corrected chi connectivity index (χ4v) is 2.84. The summed E-state index contributed by atoms with van der Waals surface area (Å²) in [6.45, 7) is 7.66. The summed E-state index contributed by atoms with van der Waals surface area (Å²) in [7, 11) is 2.10. The fourth-order valence-electron chi connectivity index (χ4n) is 2.84. The van der Waals surface area contributed by atoms with Gasteiger partial charge in [0, 0.05) is 18.6 Å². The van der Waals surface area contributed by atoms with Crippen LogP contribution in [0.3, 0.4) is 0 Å². The number of nitrogens with zero attached hydrogens (tertiary/aromatic N) is 1. The number of rotatable bonds is 5. The number of hydrogen-bond acceptors (Lipinski definition) is 3. The summed E-state index contributed by atoms with van der Waals surface area (Å²) in [6, 6.07) is 0.0921. The quantitative estimate of drug-likeness (QED) is 0.773. The normalized spacial score (nSPS) is 22.1. The van der Waals surface area contributed by atoms with Crippen molar-refractivity contribution in [1.29, 1.82) is 0 Å². The lowest BCUT2D eigenvalue weighted by atomic mass is 9.82. The average molecular weight is 242 g/mol. The summed E-state index contributed by atoms with van der Waals surface area (Å²) in [5.74, 6) is 0.807. The Morgan fingerprint density at radius 1 is 1.29 bits per heavy atom. The second-order valence-corrected chi connectivity index (χ2v) is 6.73. The molecule has 1 aliphatic carbocycles. The minimum Gasteiger partial charge on any atom is -0.395 e. The van der Waals surface area contributed by atoms with E-state index >= 15 is 0 Å². The topological polar surface area (TPSA) is 49.5 Å². The highest BCUT2D eigenvalue weighted by molar-refractivity contribution is 4.89. The maximum atomic E-state index is 9.58. The Balaban J connectivity index is 2.53. The van der Waals surface area contributed by atoms with Crippen LogP contribution < -0.4 is 5.73 Å². The second-order valence-electron chi connectivity index (χ2n) is 6.73. The molecule has 2 atom stereocenters. The molecule has 1 saturated carbocycles. The Labute approximate surface area is 106 Å². The SMILES string of the molecule is CN(CC1CCCC1)C(CO)C(N)C(C)(C)C. The van der Waals surface area contributed by atoms with Gasteiger partial charge in [-0.05, 0) is 31.2 Å². The van der Waals surface area contributed by atoms with Gasteiger partial charge in [0.25, 0.3) is 0 Å². The highest BCUT2D eigenvalue weighted by Gasteiger charge is 2.32. The number of aliphatic hydroxyl groups is 1. The fraction of sp³-hybridized carbons (Fsp3) is 1.00. The van der Waals surface area contributed by atoms with E-state index in [9.17, 15) is 5.11 Å².